The molecule has 0 N–H and O–H groups in total. The van der Waals surface area contributed by atoms with E-state index in [0.717, 1.165) is 5.56 Å². The summed E-state index contributed by atoms with van der Waals surface area (Å²) < 4.78 is 15.9. The van der Waals surface area contributed by atoms with Crippen LogP contribution < -0.4 is 9.47 Å². The largest absolute Gasteiger partial charge is 0.497 e. The molecule has 0 amide bonds. The first-order valence-corrected chi connectivity index (χ1v) is 5.68. The second kappa shape index (κ2) is 4.22. The molecule has 1 atom stereocenters. The number of carbonyl (C=O) groups excluding carboxylic acids is 1. The van der Waals surface area contributed by atoms with Gasteiger partial charge in [0.25, 0.3) is 0 Å². The Bertz CT molecular complexity index is 571. The van der Waals surface area contributed by atoms with Crippen LogP contribution >= 0.6 is 0 Å². The SMILES string of the molecule is COc1ccc2c(c1)C(=O)CC(c1ccoc1)O2. The van der Waals surface area contributed by atoms with Crippen molar-refractivity contribution in [3.8, 4) is 11.5 Å². The normalized spacial score (nSPS) is 18.1. The number of ether oxygens (including phenoxy) is 2. The highest BCUT2D eigenvalue weighted by Crippen LogP contribution is 2.36. The van der Waals surface area contributed by atoms with E-state index in [-0.39, 0.29) is 11.9 Å². The molecule has 0 fully saturated rings. The van der Waals surface area contributed by atoms with Crippen LogP contribution in [0.15, 0.2) is 41.2 Å². The van der Waals surface area contributed by atoms with Gasteiger partial charge in [0.15, 0.2) is 5.78 Å². The molecule has 0 radical (unpaired) electrons. The first-order valence-electron chi connectivity index (χ1n) is 5.68. The van der Waals surface area contributed by atoms with Crippen LogP contribution in [0, 0.1) is 0 Å². The van der Waals surface area contributed by atoms with Gasteiger partial charge in [-0.1, -0.05) is 0 Å². The van der Waals surface area contributed by atoms with Crippen molar-refractivity contribution in [2.45, 2.75) is 12.5 Å². The van der Waals surface area contributed by atoms with Crippen LogP contribution in [-0.4, -0.2) is 12.9 Å². The van der Waals surface area contributed by atoms with Crippen LogP contribution in [-0.2, 0) is 0 Å². The molecule has 3 rings (SSSR count). The second-order valence-electron chi connectivity index (χ2n) is 4.15. The summed E-state index contributed by atoms with van der Waals surface area (Å²) in [6.45, 7) is 0. The average Bonchev–Trinajstić information content (AvgIpc) is 2.92. The number of furan rings is 1. The Labute approximate surface area is 104 Å². The fraction of sp³-hybridized carbons (Fsp3) is 0.214. The van der Waals surface area contributed by atoms with Gasteiger partial charge in [0, 0.05) is 5.56 Å². The van der Waals surface area contributed by atoms with E-state index in [9.17, 15) is 4.79 Å². The van der Waals surface area contributed by atoms with Gasteiger partial charge in [0.1, 0.15) is 17.6 Å². The highest BCUT2D eigenvalue weighted by Gasteiger charge is 2.28. The summed E-state index contributed by atoms with van der Waals surface area (Å²) in [7, 11) is 1.57. The zero-order chi connectivity index (χ0) is 12.5. The Morgan fingerprint density at radius 3 is 2.94 bits per heavy atom. The van der Waals surface area contributed by atoms with Crippen molar-refractivity contribution in [3.63, 3.8) is 0 Å². The maximum Gasteiger partial charge on any atom is 0.170 e. The third-order valence-corrected chi connectivity index (χ3v) is 3.04. The number of carbonyl (C=O) groups is 1. The Morgan fingerprint density at radius 2 is 2.22 bits per heavy atom. The molecule has 1 aromatic carbocycles. The van der Waals surface area contributed by atoms with E-state index in [4.69, 9.17) is 13.9 Å². The fourth-order valence-electron chi connectivity index (χ4n) is 2.07. The van der Waals surface area contributed by atoms with Gasteiger partial charge in [-0.25, -0.2) is 0 Å². The van der Waals surface area contributed by atoms with Gasteiger partial charge in [-0.3, -0.25) is 4.79 Å². The molecule has 4 heteroatoms. The third kappa shape index (κ3) is 1.76. The number of hydrogen-bond acceptors (Lipinski definition) is 4. The highest BCUT2D eigenvalue weighted by molar-refractivity contribution is 6.00. The maximum absolute atomic E-state index is 12.1. The summed E-state index contributed by atoms with van der Waals surface area (Å²) in [5, 5.41) is 0. The lowest BCUT2D eigenvalue weighted by Gasteiger charge is -2.24. The number of hydrogen-bond donors (Lipinski definition) is 0. The van der Waals surface area contributed by atoms with Crippen LogP contribution in [0.4, 0.5) is 0 Å². The molecule has 1 aromatic heterocycles. The molecule has 0 spiro atoms. The van der Waals surface area contributed by atoms with Gasteiger partial charge in [-0.15, -0.1) is 0 Å². The first-order chi connectivity index (χ1) is 8.78. The van der Waals surface area contributed by atoms with Gasteiger partial charge in [-0.2, -0.15) is 0 Å². The minimum atomic E-state index is -0.267. The molecule has 1 aliphatic rings. The van der Waals surface area contributed by atoms with Gasteiger partial charge in [0.2, 0.25) is 0 Å². The summed E-state index contributed by atoms with van der Waals surface area (Å²) in [5.41, 5.74) is 1.46. The Kier molecular flexibility index (Phi) is 2.55. The first kappa shape index (κ1) is 10.9. The molecule has 0 saturated heterocycles. The zero-order valence-electron chi connectivity index (χ0n) is 9.88. The van der Waals surface area contributed by atoms with Gasteiger partial charge in [0.05, 0.1) is 31.6 Å². The average molecular weight is 244 g/mol. The molecule has 18 heavy (non-hydrogen) atoms. The van der Waals surface area contributed by atoms with Crippen LogP contribution in [0.1, 0.15) is 28.4 Å². The minimum absolute atomic E-state index is 0.0568. The summed E-state index contributed by atoms with van der Waals surface area (Å²) in [5.74, 6) is 1.31. The molecular weight excluding hydrogens is 232 g/mol. The van der Waals surface area contributed by atoms with Crippen molar-refractivity contribution in [2.24, 2.45) is 0 Å². The number of methoxy groups -OCH3 is 1. The Hall–Kier alpha value is -2.23. The number of rotatable bonds is 2. The third-order valence-electron chi connectivity index (χ3n) is 3.04. The predicted octanol–water partition coefficient (Wildman–Crippen LogP) is 2.99. The number of fused-ring (bicyclic) bond motifs is 1. The molecule has 0 bridgehead atoms. The zero-order valence-corrected chi connectivity index (χ0v) is 9.88. The van der Waals surface area contributed by atoms with E-state index in [1.807, 2.05) is 6.07 Å². The maximum atomic E-state index is 12.1. The van der Waals surface area contributed by atoms with E-state index in [1.165, 1.54) is 0 Å². The van der Waals surface area contributed by atoms with E-state index in [2.05, 4.69) is 0 Å². The fourth-order valence-corrected chi connectivity index (χ4v) is 2.07. The summed E-state index contributed by atoms with van der Waals surface area (Å²) in [4.78, 5) is 12.1. The van der Waals surface area contributed by atoms with Crippen molar-refractivity contribution < 1.29 is 18.7 Å². The van der Waals surface area contributed by atoms with Crippen LogP contribution in [0.5, 0.6) is 11.5 Å². The number of benzene rings is 1. The molecule has 92 valence electrons. The smallest absolute Gasteiger partial charge is 0.170 e. The van der Waals surface area contributed by atoms with Crippen molar-refractivity contribution in [2.75, 3.05) is 7.11 Å². The van der Waals surface area contributed by atoms with Gasteiger partial charge in [-0.05, 0) is 24.3 Å². The topological polar surface area (TPSA) is 48.7 Å². The van der Waals surface area contributed by atoms with Crippen LogP contribution in [0.3, 0.4) is 0 Å². The summed E-state index contributed by atoms with van der Waals surface area (Å²) >= 11 is 0. The highest BCUT2D eigenvalue weighted by atomic mass is 16.5. The summed E-state index contributed by atoms with van der Waals surface area (Å²) in [6, 6.07) is 7.07. The van der Waals surface area contributed by atoms with Gasteiger partial charge >= 0.3 is 0 Å². The Balaban J connectivity index is 1.96. The van der Waals surface area contributed by atoms with E-state index in [0.29, 0.717) is 23.5 Å². The molecule has 1 unspecified atom stereocenters. The lowest BCUT2D eigenvalue weighted by atomic mass is 9.97. The number of ketones is 1. The lowest BCUT2D eigenvalue weighted by Crippen LogP contribution is -2.19. The second-order valence-corrected chi connectivity index (χ2v) is 4.15. The molecule has 0 saturated carbocycles. The monoisotopic (exact) mass is 244 g/mol. The van der Waals surface area contributed by atoms with Crippen molar-refractivity contribution >= 4 is 5.78 Å². The molecule has 2 aromatic rings. The molecule has 1 aliphatic heterocycles. The lowest BCUT2D eigenvalue weighted by molar-refractivity contribution is 0.0848. The quantitative estimate of drug-likeness (QED) is 0.814. The standard InChI is InChI=1S/C14H12O4/c1-16-10-2-3-13-11(6-10)12(15)7-14(18-13)9-4-5-17-8-9/h2-6,8,14H,7H2,1H3. The molecular formula is C14H12O4. The Morgan fingerprint density at radius 1 is 1.33 bits per heavy atom. The summed E-state index contributed by atoms with van der Waals surface area (Å²) in [6.07, 6.45) is 3.23. The molecule has 4 nitrogen and oxygen atoms in total. The molecule has 2 heterocycles. The van der Waals surface area contributed by atoms with Crippen molar-refractivity contribution in [3.05, 3.63) is 47.9 Å². The van der Waals surface area contributed by atoms with Crippen LogP contribution in [0.25, 0.3) is 0 Å². The van der Waals surface area contributed by atoms with Crippen molar-refractivity contribution in [1.29, 1.82) is 0 Å². The van der Waals surface area contributed by atoms with Crippen molar-refractivity contribution in [1.82, 2.24) is 0 Å². The minimum Gasteiger partial charge on any atom is -0.497 e. The van der Waals surface area contributed by atoms with Crippen LogP contribution in [0.2, 0.25) is 0 Å². The number of Topliss-reactive ketones (excluding diaryl/α,β-unsaturated/α-hetero) is 1. The molecule has 0 aliphatic carbocycles. The van der Waals surface area contributed by atoms with Gasteiger partial charge < -0.3 is 13.9 Å². The van der Waals surface area contributed by atoms with E-state index < -0.39 is 0 Å². The predicted molar refractivity (Wildman–Crippen MR) is 64.0 cm³/mol. The van der Waals surface area contributed by atoms with E-state index >= 15 is 0 Å². The van der Waals surface area contributed by atoms with E-state index in [1.54, 1.807) is 37.8 Å².